The molecule has 0 aromatic carbocycles. The Morgan fingerprint density at radius 2 is 1.06 bits per heavy atom. The number of carbonyl (C=O) groups is 3. The molecule has 47 heavy (non-hydrogen) atoms. The third-order valence-corrected chi connectivity index (χ3v) is 9.08. The normalized spacial score (nSPS) is 12.7. The fraction of sp³-hybridized carbons (Fsp3) is 0.875. The van der Waals surface area contributed by atoms with Crippen LogP contribution in [0.15, 0.2) is 12.2 Å². The molecular weight excluding hydrogens is 588 g/mol. The van der Waals surface area contributed by atoms with E-state index in [0.717, 1.165) is 70.6 Å². The average molecular weight is 665 g/mol. The predicted molar refractivity (Wildman–Crippen MR) is 197 cm³/mol. The molecule has 0 spiro atoms. The van der Waals surface area contributed by atoms with Crippen LogP contribution in [0.5, 0.6) is 0 Å². The lowest BCUT2D eigenvalue weighted by Gasteiger charge is -2.18. The standard InChI is InChI=1S/C40H76N2O5/c1-3-5-7-9-11-13-14-15-16-17-18-21-25-30-36(47-39(44)34-28-24-19-12-10-8-6-4-2)31-26-22-20-23-27-33-38(43)42-37(40(45)46)32-29-35-41/h17-18,36-37H,3-16,19-35,41H2,1-2H3,(H,42,43)(H,45,46)/b18-17-. The number of ether oxygens (including phenoxy) is 1. The van der Waals surface area contributed by atoms with Gasteiger partial charge in [-0.2, -0.15) is 0 Å². The molecule has 0 aromatic rings. The summed E-state index contributed by atoms with van der Waals surface area (Å²) in [5, 5.41) is 11.9. The summed E-state index contributed by atoms with van der Waals surface area (Å²) in [5.41, 5.74) is 5.47. The first-order valence-electron chi connectivity index (χ1n) is 20.0. The third-order valence-electron chi connectivity index (χ3n) is 9.08. The van der Waals surface area contributed by atoms with Crippen molar-refractivity contribution < 1.29 is 24.2 Å². The largest absolute Gasteiger partial charge is 0.480 e. The number of unbranched alkanes of at least 4 members (excludes halogenated alkanes) is 20. The summed E-state index contributed by atoms with van der Waals surface area (Å²) >= 11 is 0. The SMILES string of the molecule is CCCCCCCCCC/C=C\CCCC(CCCCCCCC(=O)NC(CCCN)C(=O)O)OC(=O)CCCCCCCCCC. The Bertz CT molecular complexity index is 757. The molecule has 0 bridgehead atoms. The molecule has 4 N–H and O–H groups in total. The van der Waals surface area contributed by atoms with Crippen LogP contribution in [0, 0.1) is 0 Å². The molecule has 0 heterocycles. The highest BCUT2D eigenvalue weighted by Crippen LogP contribution is 2.18. The van der Waals surface area contributed by atoms with Crippen LogP contribution in [-0.4, -0.2) is 41.6 Å². The number of amides is 1. The van der Waals surface area contributed by atoms with E-state index in [4.69, 9.17) is 10.5 Å². The minimum atomic E-state index is -1.00. The Kier molecular flexibility index (Phi) is 34.0. The number of nitrogens with one attached hydrogen (secondary N) is 1. The lowest BCUT2D eigenvalue weighted by Crippen LogP contribution is -2.40. The maximum absolute atomic E-state index is 12.7. The van der Waals surface area contributed by atoms with Crippen molar-refractivity contribution in [3.63, 3.8) is 0 Å². The van der Waals surface area contributed by atoms with E-state index >= 15 is 0 Å². The van der Waals surface area contributed by atoms with Gasteiger partial charge in [0.15, 0.2) is 0 Å². The van der Waals surface area contributed by atoms with Crippen LogP contribution in [0.2, 0.25) is 0 Å². The topological polar surface area (TPSA) is 119 Å². The van der Waals surface area contributed by atoms with E-state index in [1.165, 1.54) is 96.3 Å². The van der Waals surface area contributed by atoms with Gasteiger partial charge in [-0.1, -0.05) is 135 Å². The number of carboxylic acid groups (broad SMARTS) is 1. The minimum absolute atomic E-state index is 0.00935. The van der Waals surface area contributed by atoms with E-state index in [-0.39, 0.29) is 18.0 Å². The molecule has 0 aliphatic heterocycles. The fourth-order valence-electron chi connectivity index (χ4n) is 6.04. The first-order chi connectivity index (χ1) is 22.9. The first kappa shape index (κ1) is 45.1. The van der Waals surface area contributed by atoms with Crippen molar-refractivity contribution >= 4 is 17.8 Å². The first-order valence-corrected chi connectivity index (χ1v) is 20.0. The maximum atomic E-state index is 12.7. The summed E-state index contributed by atoms with van der Waals surface area (Å²) in [6.45, 7) is 4.92. The molecule has 1 amide bonds. The summed E-state index contributed by atoms with van der Waals surface area (Å²) in [6, 6.07) is -0.855. The number of hydrogen-bond acceptors (Lipinski definition) is 5. The number of esters is 1. The van der Waals surface area contributed by atoms with Crippen LogP contribution in [-0.2, 0) is 19.1 Å². The highest BCUT2D eigenvalue weighted by Gasteiger charge is 2.19. The van der Waals surface area contributed by atoms with Gasteiger partial charge in [-0.25, -0.2) is 4.79 Å². The van der Waals surface area contributed by atoms with Gasteiger partial charge in [0.1, 0.15) is 12.1 Å². The molecule has 2 atom stereocenters. The quantitative estimate of drug-likeness (QED) is 0.0348. The zero-order valence-electron chi connectivity index (χ0n) is 30.9. The molecule has 0 aliphatic rings. The van der Waals surface area contributed by atoms with E-state index in [1.807, 2.05) is 0 Å². The van der Waals surface area contributed by atoms with Crippen LogP contribution in [0.25, 0.3) is 0 Å². The van der Waals surface area contributed by atoms with Crippen molar-refractivity contribution in [3.8, 4) is 0 Å². The Hall–Kier alpha value is -1.89. The molecule has 0 fully saturated rings. The van der Waals surface area contributed by atoms with Gasteiger partial charge in [0.25, 0.3) is 0 Å². The van der Waals surface area contributed by atoms with Crippen molar-refractivity contribution in [2.75, 3.05) is 6.54 Å². The molecule has 2 unspecified atom stereocenters. The highest BCUT2D eigenvalue weighted by atomic mass is 16.5. The van der Waals surface area contributed by atoms with Crippen LogP contribution in [0.1, 0.15) is 206 Å². The van der Waals surface area contributed by atoms with E-state index in [2.05, 4.69) is 31.3 Å². The summed E-state index contributed by atoms with van der Waals surface area (Å²) < 4.78 is 5.99. The van der Waals surface area contributed by atoms with Crippen LogP contribution < -0.4 is 11.1 Å². The van der Waals surface area contributed by atoms with Gasteiger partial charge in [0, 0.05) is 12.8 Å². The lowest BCUT2D eigenvalue weighted by atomic mass is 10.0. The zero-order valence-corrected chi connectivity index (χ0v) is 30.9. The third kappa shape index (κ3) is 32.4. The van der Waals surface area contributed by atoms with Gasteiger partial charge in [-0.3, -0.25) is 9.59 Å². The van der Waals surface area contributed by atoms with Crippen molar-refractivity contribution in [1.82, 2.24) is 5.32 Å². The number of carboxylic acids is 1. The summed E-state index contributed by atoms with van der Waals surface area (Å²) in [7, 11) is 0. The van der Waals surface area contributed by atoms with Gasteiger partial charge in [-0.05, 0) is 77.2 Å². The van der Waals surface area contributed by atoms with Crippen molar-refractivity contribution in [3.05, 3.63) is 12.2 Å². The number of aliphatic carboxylic acids is 1. The molecule has 0 aliphatic carbocycles. The molecule has 7 nitrogen and oxygen atoms in total. The second-order valence-corrected chi connectivity index (χ2v) is 13.7. The zero-order chi connectivity index (χ0) is 34.6. The molecule has 0 saturated heterocycles. The Balaban J connectivity index is 4.34. The highest BCUT2D eigenvalue weighted by molar-refractivity contribution is 5.83. The average Bonchev–Trinajstić information content (AvgIpc) is 3.05. The fourth-order valence-corrected chi connectivity index (χ4v) is 6.04. The Morgan fingerprint density at radius 3 is 1.62 bits per heavy atom. The number of rotatable bonds is 36. The Labute approximate surface area is 290 Å². The van der Waals surface area contributed by atoms with Gasteiger partial charge in [-0.15, -0.1) is 0 Å². The lowest BCUT2D eigenvalue weighted by molar-refractivity contribution is -0.150. The second kappa shape index (κ2) is 35.4. The van der Waals surface area contributed by atoms with Crippen molar-refractivity contribution in [1.29, 1.82) is 0 Å². The minimum Gasteiger partial charge on any atom is -0.480 e. The second-order valence-electron chi connectivity index (χ2n) is 13.7. The van der Waals surface area contributed by atoms with Crippen molar-refractivity contribution in [2.45, 2.75) is 219 Å². The van der Waals surface area contributed by atoms with Gasteiger partial charge < -0.3 is 20.9 Å². The van der Waals surface area contributed by atoms with E-state index in [9.17, 15) is 19.5 Å². The molecule has 0 aromatic heterocycles. The monoisotopic (exact) mass is 665 g/mol. The summed E-state index contributed by atoms with van der Waals surface area (Å²) in [5.74, 6) is -1.25. The van der Waals surface area contributed by atoms with Crippen LogP contribution in [0.3, 0.4) is 0 Å². The molecule has 0 rings (SSSR count). The molecular formula is C40H76N2O5. The molecule has 0 radical (unpaired) electrons. The van der Waals surface area contributed by atoms with E-state index in [1.54, 1.807) is 0 Å². The molecule has 276 valence electrons. The van der Waals surface area contributed by atoms with Gasteiger partial charge in [0.05, 0.1) is 0 Å². The van der Waals surface area contributed by atoms with E-state index in [0.29, 0.717) is 32.2 Å². The summed E-state index contributed by atoms with van der Waals surface area (Å²) in [6.07, 6.45) is 36.8. The number of carbonyl (C=O) groups excluding carboxylic acids is 2. The van der Waals surface area contributed by atoms with Crippen LogP contribution >= 0.6 is 0 Å². The van der Waals surface area contributed by atoms with Crippen molar-refractivity contribution in [2.24, 2.45) is 5.73 Å². The van der Waals surface area contributed by atoms with Gasteiger partial charge >= 0.3 is 11.9 Å². The van der Waals surface area contributed by atoms with Gasteiger partial charge in [0.2, 0.25) is 5.91 Å². The summed E-state index contributed by atoms with van der Waals surface area (Å²) in [4.78, 5) is 36.2. The maximum Gasteiger partial charge on any atom is 0.326 e. The Morgan fingerprint density at radius 1 is 0.596 bits per heavy atom. The van der Waals surface area contributed by atoms with E-state index < -0.39 is 12.0 Å². The predicted octanol–water partition coefficient (Wildman–Crippen LogP) is 10.7. The van der Waals surface area contributed by atoms with Crippen LogP contribution in [0.4, 0.5) is 0 Å². The number of hydrogen-bond donors (Lipinski definition) is 3. The molecule has 7 heteroatoms. The smallest absolute Gasteiger partial charge is 0.326 e. The molecule has 0 saturated carbocycles. The number of allylic oxidation sites excluding steroid dienone is 2. The number of nitrogens with two attached hydrogens (primary N) is 1.